The summed E-state index contributed by atoms with van der Waals surface area (Å²) in [4.78, 5) is 56.7. The molecule has 12 heteroatoms. The number of rotatable bonds is 6. The van der Waals surface area contributed by atoms with Crippen LogP contribution in [0, 0.1) is 0 Å². The molecule has 0 bridgehead atoms. The van der Waals surface area contributed by atoms with E-state index in [9.17, 15) is 29.4 Å². The van der Waals surface area contributed by atoms with Crippen LogP contribution in [-0.4, -0.2) is 44.1 Å². The molecule has 5 rings (SSSR count). The first kappa shape index (κ1) is 30.2. The molecule has 0 unspecified atom stereocenters. The molecule has 0 saturated heterocycles. The summed E-state index contributed by atoms with van der Waals surface area (Å²) in [6, 6.07) is 16.9. The number of aromatic carboxylic acids is 4. The second-order valence-corrected chi connectivity index (χ2v) is 8.18. The van der Waals surface area contributed by atoms with Crippen molar-refractivity contribution in [3.8, 4) is 22.3 Å². The van der Waals surface area contributed by atoms with Crippen LogP contribution < -0.4 is 20.2 Å². The molecule has 0 amide bonds. The van der Waals surface area contributed by atoms with Gasteiger partial charge in [-0.1, -0.05) is 0 Å². The summed E-state index contributed by atoms with van der Waals surface area (Å²) in [5.41, 5.74) is 1.17. The Morgan fingerprint density at radius 1 is 0.500 bits per heavy atom. The number of benzene rings is 1. The highest BCUT2D eigenvalue weighted by atomic mass is 16.4. The van der Waals surface area contributed by atoms with Gasteiger partial charge in [0.1, 0.15) is 0 Å². The zero-order valence-electron chi connectivity index (χ0n) is 21.6. The Kier molecular flexibility index (Phi) is 10.6. The van der Waals surface area contributed by atoms with Crippen molar-refractivity contribution in [2.24, 2.45) is 0 Å². The maximum Gasteiger partial charge on any atom is 0.336 e. The first-order valence-corrected chi connectivity index (χ1v) is 12.0. The van der Waals surface area contributed by atoms with E-state index in [1.807, 2.05) is 73.3 Å². The molecule has 0 spiro atoms. The van der Waals surface area contributed by atoms with Crippen molar-refractivity contribution in [2.45, 2.75) is 0 Å². The SMILES string of the molecule is O=C([O-])c1cc(C(=O)[O-])c(C(=O)O)cc1C(=O)O.c1cc(-c2cc[nH+]cc2)ccn1.c1cc(-c2cc[nH+]cc2)ccn1. The molecular formula is C30H22N4O8. The minimum atomic E-state index is -1.94. The van der Waals surface area contributed by atoms with E-state index >= 15 is 0 Å². The van der Waals surface area contributed by atoms with Gasteiger partial charge in [-0.3, -0.25) is 9.97 Å². The number of aromatic amines is 2. The van der Waals surface area contributed by atoms with E-state index in [0.29, 0.717) is 12.1 Å². The van der Waals surface area contributed by atoms with Crippen molar-refractivity contribution in [1.82, 2.24) is 9.97 Å². The number of hydrogen-bond donors (Lipinski definition) is 2. The fourth-order valence-electron chi connectivity index (χ4n) is 3.54. The van der Waals surface area contributed by atoms with Gasteiger partial charge in [-0.25, -0.2) is 19.6 Å². The molecule has 12 nitrogen and oxygen atoms in total. The van der Waals surface area contributed by atoms with Crippen molar-refractivity contribution in [3.05, 3.63) is 132 Å². The number of hydrogen-bond acceptors (Lipinski definition) is 8. The van der Waals surface area contributed by atoms with E-state index < -0.39 is 46.1 Å². The lowest BCUT2D eigenvalue weighted by atomic mass is 9.98. The average molecular weight is 567 g/mol. The third-order valence-electron chi connectivity index (χ3n) is 5.52. The van der Waals surface area contributed by atoms with Gasteiger partial charge in [-0.05, 0) is 58.7 Å². The molecule has 4 heterocycles. The lowest BCUT2D eigenvalue weighted by molar-refractivity contribution is -0.378. The Morgan fingerprint density at radius 2 is 0.786 bits per heavy atom. The Balaban J connectivity index is 0.000000178. The first-order valence-electron chi connectivity index (χ1n) is 12.0. The van der Waals surface area contributed by atoms with Crippen LogP contribution in [0.2, 0.25) is 0 Å². The monoisotopic (exact) mass is 566 g/mol. The number of carbonyl (C=O) groups excluding carboxylic acids is 2. The zero-order valence-corrected chi connectivity index (χ0v) is 21.6. The number of carbonyl (C=O) groups is 4. The summed E-state index contributed by atoms with van der Waals surface area (Å²) in [6.45, 7) is 0. The van der Waals surface area contributed by atoms with E-state index in [0.717, 1.165) is 0 Å². The number of nitrogens with one attached hydrogen (secondary N) is 2. The smallest absolute Gasteiger partial charge is 0.336 e. The molecule has 0 aliphatic carbocycles. The summed E-state index contributed by atoms with van der Waals surface area (Å²) in [7, 11) is 0. The van der Waals surface area contributed by atoms with Crippen molar-refractivity contribution in [1.29, 1.82) is 0 Å². The average Bonchev–Trinajstić information content (AvgIpc) is 3.02. The van der Waals surface area contributed by atoms with Gasteiger partial charge in [-0.15, -0.1) is 0 Å². The van der Waals surface area contributed by atoms with Gasteiger partial charge >= 0.3 is 11.9 Å². The van der Waals surface area contributed by atoms with Crippen molar-refractivity contribution in [2.75, 3.05) is 0 Å². The third kappa shape index (κ3) is 8.35. The third-order valence-corrected chi connectivity index (χ3v) is 5.52. The summed E-state index contributed by atoms with van der Waals surface area (Å²) < 4.78 is 0. The molecule has 0 atom stereocenters. The van der Waals surface area contributed by atoms with E-state index in [1.165, 1.54) is 22.3 Å². The normalized spacial score (nSPS) is 9.71. The minimum Gasteiger partial charge on any atom is -0.545 e. The number of aromatic nitrogens is 4. The van der Waals surface area contributed by atoms with Crippen molar-refractivity contribution >= 4 is 23.9 Å². The summed E-state index contributed by atoms with van der Waals surface area (Å²) in [5, 5.41) is 38.7. The van der Waals surface area contributed by atoms with Crippen molar-refractivity contribution < 1.29 is 49.6 Å². The molecule has 0 fully saturated rings. The maximum absolute atomic E-state index is 10.7. The van der Waals surface area contributed by atoms with Gasteiger partial charge in [0.2, 0.25) is 0 Å². The molecule has 4 N–H and O–H groups in total. The van der Waals surface area contributed by atoms with E-state index in [4.69, 9.17) is 10.2 Å². The molecule has 4 aromatic heterocycles. The summed E-state index contributed by atoms with van der Waals surface area (Å²) >= 11 is 0. The van der Waals surface area contributed by atoms with Gasteiger partial charge in [0, 0.05) is 60.2 Å². The Labute approximate surface area is 238 Å². The molecule has 0 aliphatic rings. The fourth-order valence-corrected chi connectivity index (χ4v) is 3.54. The quantitative estimate of drug-likeness (QED) is 0.297. The standard InChI is InChI=1S/2C10H8N2.C10H6O8/c2*1-5-11-6-2-9(1)10-3-7-12-8-4-10;11-7(12)3-1-4(8(13)14)6(10(17)18)2-5(3)9(15)16/h2*1-8H;1-2H,(H,11,12)(H,13,14)(H,15,16)(H,17,18). The van der Waals surface area contributed by atoms with Crippen LogP contribution in [0.5, 0.6) is 0 Å². The van der Waals surface area contributed by atoms with Crippen LogP contribution in [0.25, 0.3) is 22.3 Å². The van der Waals surface area contributed by atoms with Gasteiger partial charge in [-0.2, -0.15) is 0 Å². The topological polar surface area (TPSA) is 209 Å². The number of carboxylic acids is 4. The molecule has 210 valence electrons. The van der Waals surface area contributed by atoms with Gasteiger partial charge in [0.05, 0.1) is 23.1 Å². The highest BCUT2D eigenvalue weighted by molar-refractivity contribution is 6.08. The molecular weight excluding hydrogens is 544 g/mol. The largest absolute Gasteiger partial charge is 0.545 e. The molecule has 0 radical (unpaired) electrons. The van der Waals surface area contributed by atoms with Crippen LogP contribution in [0.1, 0.15) is 41.4 Å². The molecule has 42 heavy (non-hydrogen) atoms. The highest BCUT2D eigenvalue weighted by Crippen LogP contribution is 2.18. The van der Waals surface area contributed by atoms with Gasteiger partial charge in [0.15, 0.2) is 24.8 Å². The second kappa shape index (κ2) is 14.7. The Bertz CT molecular complexity index is 1420. The minimum absolute atomic E-state index is 0.386. The first-order chi connectivity index (χ1) is 20.2. The van der Waals surface area contributed by atoms with Crippen LogP contribution in [0.15, 0.2) is 110 Å². The summed E-state index contributed by atoms with van der Waals surface area (Å²) in [6.07, 6.45) is 14.8. The predicted molar refractivity (Wildman–Crippen MR) is 141 cm³/mol. The predicted octanol–water partition coefficient (Wildman–Crippen LogP) is 0.935. The maximum atomic E-state index is 10.7. The number of carboxylic acid groups (broad SMARTS) is 4. The fraction of sp³-hybridized carbons (Fsp3) is 0. The van der Waals surface area contributed by atoms with Crippen LogP contribution in [0.3, 0.4) is 0 Å². The lowest BCUT2D eigenvalue weighted by Gasteiger charge is -2.13. The van der Waals surface area contributed by atoms with E-state index in [2.05, 4.69) is 19.9 Å². The lowest BCUT2D eigenvalue weighted by Crippen LogP contribution is -2.29. The zero-order chi connectivity index (χ0) is 30.5. The van der Waals surface area contributed by atoms with Gasteiger partial charge < -0.3 is 30.0 Å². The Morgan fingerprint density at radius 3 is 1.07 bits per heavy atom. The molecule has 0 saturated carbocycles. The van der Waals surface area contributed by atoms with Crippen LogP contribution >= 0.6 is 0 Å². The number of H-pyrrole nitrogens is 2. The van der Waals surface area contributed by atoms with Crippen LogP contribution in [0.4, 0.5) is 0 Å². The molecule has 1 aromatic carbocycles. The highest BCUT2D eigenvalue weighted by Gasteiger charge is 2.19. The molecule has 5 aromatic rings. The second-order valence-electron chi connectivity index (χ2n) is 8.18. The molecule has 0 aliphatic heterocycles. The number of pyridine rings is 4. The van der Waals surface area contributed by atoms with E-state index in [1.54, 1.807) is 24.8 Å². The van der Waals surface area contributed by atoms with Crippen molar-refractivity contribution in [3.63, 3.8) is 0 Å². The Hall–Kier alpha value is -6.30. The summed E-state index contributed by atoms with van der Waals surface area (Å²) in [5.74, 6) is -7.32. The number of nitrogens with zero attached hydrogens (tertiary/aromatic N) is 2. The van der Waals surface area contributed by atoms with Crippen LogP contribution in [-0.2, 0) is 0 Å². The van der Waals surface area contributed by atoms with Gasteiger partial charge in [0.25, 0.3) is 0 Å². The van der Waals surface area contributed by atoms with E-state index in [-0.39, 0.29) is 0 Å².